The van der Waals surface area contributed by atoms with Gasteiger partial charge in [0, 0.05) is 38.9 Å². The van der Waals surface area contributed by atoms with E-state index in [1.54, 1.807) is 28.1 Å². The van der Waals surface area contributed by atoms with E-state index in [4.69, 9.17) is 11.6 Å². The summed E-state index contributed by atoms with van der Waals surface area (Å²) in [4.78, 5) is 27.9. The Hall–Kier alpha value is -1.86. The minimum atomic E-state index is -1.01. The van der Waals surface area contributed by atoms with Crippen molar-refractivity contribution in [3.05, 3.63) is 30.1 Å². The average molecular weight is 339 g/mol. The minimum absolute atomic E-state index is 0.0862. The van der Waals surface area contributed by atoms with E-state index in [0.717, 1.165) is 0 Å². The molecule has 0 aliphatic carbocycles. The molecule has 0 bridgehead atoms. The minimum Gasteiger partial charge on any atom is -0.481 e. The number of carboxylic acid groups (broad SMARTS) is 1. The van der Waals surface area contributed by atoms with Gasteiger partial charge in [-0.2, -0.15) is 5.10 Å². The van der Waals surface area contributed by atoms with Gasteiger partial charge in [0.15, 0.2) is 0 Å². The molecule has 0 radical (unpaired) electrons. The van der Waals surface area contributed by atoms with Gasteiger partial charge in [0.2, 0.25) is 5.91 Å². The highest BCUT2D eigenvalue weighted by atomic mass is 35.5. The summed E-state index contributed by atoms with van der Waals surface area (Å²) in [5, 5.41) is 14.4. The number of carbonyl (C=O) groups is 2. The maximum atomic E-state index is 12.5. The highest BCUT2D eigenvalue weighted by Gasteiger charge is 2.61. The number of fused-ring (bicyclic) bond motifs is 1. The number of halogens is 1. The molecule has 8 heteroatoms. The van der Waals surface area contributed by atoms with Crippen LogP contribution in [0.4, 0.5) is 0 Å². The van der Waals surface area contributed by atoms with Gasteiger partial charge in [-0.05, 0) is 0 Å². The van der Waals surface area contributed by atoms with E-state index in [1.165, 1.54) is 0 Å². The van der Waals surface area contributed by atoms with E-state index >= 15 is 0 Å². The zero-order valence-electron chi connectivity index (χ0n) is 12.7. The Morgan fingerprint density at radius 3 is 2.87 bits per heavy atom. The Balaban J connectivity index is 1.69. The van der Waals surface area contributed by atoms with Crippen molar-refractivity contribution < 1.29 is 14.7 Å². The molecule has 23 heavy (non-hydrogen) atoms. The van der Waals surface area contributed by atoms with E-state index in [-0.39, 0.29) is 12.5 Å². The van der Waals surface area contributed by atoms with Gasteiger partial charge in [0.25, 0.3) is 0 Å². The number of carbonyl (C=O) groups excluding carboxylic acids is 1. The van der Waals surface area contributed by atoms with Crippen molar-refractivity contribution in [3.8, 4) is 0 Å². The van der Waals surface area contributed by atoms with Gasteiger partial charge in [-0.15, -0.1) is 6.58 Å². The van der Waals surface area contributed by atoms with Crippen LogP contribution in [-0.2, 0) is 16.1 Å². The summed E-state index contributed by atoms with van der Waals surface area (Å²) < 4.78 is 1.72. The number of hydrogen-bond acceptors (Lipinski definition) is 4. The lowest BCUT2D eigenvalue weighted by atomic mass is 9.81. The van der Waals surface area contributed by atoms with Crippen LogP contribution in [0.25, 0.3) is 0 Å². The summed E-state index contributed by atoms with van der Waals surface area (Å²) >= 11 is 5.83. The highest BCUT2D eigenvalue weighted by Crippen LogP contribution is 2.43. The molecule has 2 fully saturated rings. The molecule has 2 atom stereocenters. The first-order chi connectivity index (χ1) is 11.0. The normalized spacial score (nSPS) is 27.4. The topological polar surface area (TPSA) is 78.7 Å². The summed E-state index contributed by atoms with van der Waals surface area (Å²) in [5.74, 6) is -1.47. The van der Waals surface area contributed by atoms with E-state index in [2.05, 4.69) is 11.7 Å². The molecule has 1 N–H and O–H groups in total. The third-order valence-corrected chi connectivity index (χ3v) is 4.91. The van der Waals surface area contributed by atoms with Crippen LogP contribution in [0.2, 0.25) is 5.02 Å². The summed E-state index contributed by atoms with van der Waals surface area (Å²) in [6, 6.07) is 0. The lowest BCUT2D eigenvalue weighted by Gasteiger charge is -2.24. The van der Waals surface area contributed by atoms with Crippen molar-refractivity contribution >= 4 is 23.5 Å². The number of rotatable bonds is 6. The van der Waals surface area contributed by atoms with Crippen LogP contribution < -0.4 is 0 Å². The Kier molecular flexibility index (Phi) is 4.16. The third kappa shape index (κ3) is 2.74. The molecule has 3 heterocycles. The van der Waals surface area contributed by atoms with Crippen molar-refractivity contribution in [3.63, 3.8) is 0 Å². The van der Waals surface area contributed by atoms with Crippen LogP contribution in [0.3, 0.4) is 0 Å². The van der Waals surface area contributed by atoms with Crippen LogP contribution in [0, 0.1) is 11.3 Å². The summed E-state index contributed by atoms with van der Waals surface area (Å²) in [6.07, 6.45) is 4.92. The van der Waals surface area contributed by atoms with Gasteiger partial charge in [-0.3, -0.25) is 19.2 Å². The van der Waals surface area contributed by atoms with Gasteiger partial charge in [0.1, 0.15) is 5.41 Å². The fourth-order valence-corrected chi connectivity index (χ4v) is 3.75. The Morgan fingerprint density at radius 1 is 1.52 bits per heavy atom. The predicted octanol–water partition coefficient (Wildman–Crippen LogP) is 0.568. The second-order valence-electron chi connectivity index (χ2n) is 6.18. The molecule has 0 spiro atoms. The molecule has 2 aliphatic rings. The lowest BCUT2D eigenvalue weighted by molar-refractivity contribution is -0.149. The van der Waals surface area contributed by atoms with Crippen LogP contribution in [-0.4, -0.2) is 69.3 Å². The van der Waals surface area contributed by atoms with Gasteiger partial charge in [-0.1, -0.05) is 17.7 Å². The van der Waals surface area contributed by atoms with Crippen molar-refractivity contribution in [2.45, 2.75) is 6.54 Å². The Labute approximate surface area is 139 Å². The van der Waals surface area contributed by atoms with Crippen molar-refractivity contribution in [1.82, 2.24) is 19.6 Å². The molecule has 124 valence electrons. The number of aliphatic carboxylic acids is 1. The number of amides is 1. The maximum absolute atomic E-state index is 12.5. The summed E-state index contributed by atoms with van der Waals surface area (Å²) in [5.41, 5.74) is -1.01. The number of nitrogens with zero attached hydrogens (tertiary/aromatic N) is 4. The third-order valence-electron chi connectivity index (χ3n) is 4.72. The summed E-state index contributed by atoms with van der Waals surface area (Å²) in [7, 11) is 0. The lowest BCUT2D eigenvalue weighted by Crippen LogP contribution is -2.41. The fourth-order valence-electron chi connectivity index (χ4n) is 3.59. The molecule has 1 aromatic rings. The first-order valence-corrected chi connectivity index (χ1v) is 7.87. The largest absolute Gasteiger partial charge is 0.481 e. The monoisotopic (exact) mass is 338 g/mol. The van der Waals surface area contributed by atoms with Crippen molar-refractivity contribution in [2.75, 3.05) is 32.7 Å². The average Bonchev–Trinajstić information content (AvgIpc) is 3.14. The second-order valence-corrected chi connectivity index (χ2v) is 6.61. The SMILES string of the molecule is C=CCN1C[C@@]2(C(=O)O)CN(CCn3cc(Cl)cn3)C[C@H]2C1=O. The number of carboxylic acids is 1. The highest BCUT2D eigenvalue weighted by molar-refractivity contribution is 6.30. The van der Waals surface area contributed by atoms with Crippen LogP contribution in [0.1, 0.15) is 0 Å². The predicted molar refractivity (Wildman–Crippen MR) is 84.0 cm³/mol. The zero-order chi connectivity index (χ0) is 16.6. The van der Waals surface area contributed by atoms with Gasteiger partial charge >= 0.3 is 5.97 Å². The van der Waals surface area contributed by atoms with E-state index in [9.17, 15) is 14.7 Å². The molecule has 3 rings (SSSR count). The van der Waals surface area contributed by atoms with Crippen LogP contribution in [0.15, 0.2) is 25.0 Å². The Bertz CT molecular complexity index is 646. The van der Waals surface area contributed by atoms with E-state index in [1.807, 2.05) is 4.90 Å². The number of hydrogen-bond donors (Lipinski definition) is 1. The number of likely N-dealkylation sites (tertiary alicyclic amines) is 2. The quantitative estimate of drug-likeness (QED) is 0.767. The molecule has 1 aromatic heterocycles. The molecule has 2 aliphatic heterocycles. The van der Waals surface area contributed by atoms with Crippen molar-refractivity contribution in [2.24, 2.45) is 11.3 Å². The molecule has 1 amide bonds. The van der Waals surface area contributed by atoms with Crippen LogP contribution >= 0.6 is 11.6 Å². The molecule has 0 saturated carbocycles. The van der Waals surface area contributed by atoms with Gasteiger partial charge in [-0.25, -0.2) is 0 Å². The molecule has 2 saturated heterocycles. The van der Waals surface area contributed by atoms with Crippen molar-refractivity contribution in [1.29, 1.82) is 0 Å². The number of aromatic nitrogens is 2. The fraction of sp³-hybridized carbons (Fsp3) is 0.533. The van der Waals surface area contributed by atoms with Gasteiger partial charge in [0.05, 0.1) is 23.7 Å². The van der Waals surface area contributed by atoms with E-state index < -0.39 is 17.3 Å². The van der Waals surface area contributed by atoms with Gasteiger partial charge < -0.3 is 10.0 Å². The maximum Gasteiger partial charge on any atom is 0.313 e. The van der Waals surface area contributed by atoms with Crippen LogP contribution in [0.5, 0.6) is 0 Å². The molecular weight excluding hydrogens is 320 g/mol. The molecule has 0 unspecified atom stereocenters. The first kappa shape index (κ1) is 16.0. The smallest absolute Gasteiger partial charge is 0.313 e. The standard InChI is InChI=1S/C15H19ClN4O3/c1-2-3-19-10-15(14(22)23)9-18(8-12(15)13(19)21)4-5-20-7-11(16)6-17-20/h2,6-7,12H,1,3-5,8-10H2,(H,22,23)/t12-,15-/m0/s1. The molecule has 0 aromatic carbocycles. The molecule has 7 nitrogen and oxygen atoms in total. The second kappa shape index (κ2) is 5.98. The zero-order valence-corrected chi connectivity index (χ0v) is 13.4. The molecular formula is C15H19ClN4O3. The first-order valence-electron chi connectivity index (χ1n) is 7.49. The summed E-state index contributed by atoms with van der Waals surface area (Å²) in [6.45, 7) is 6.37. The van der Waals surface area contributed by atoms with E-state index in [0.29, 0.717) is 37.7 Å². The Morgan fingerprint density at radius 2 is 2.30 bits per heavy atom.